The molecule has 2 aromatic rings. The standard InChI is InChI=1S/C13H12ClNO5/c1-18-10-6-11(19-2)8(5-7(10)14)15-12-4-3-9(20-12)13(16)17/h3-6,15H,1-2H3,(H,16,17). The van der Waals surface area contributed by atoms with Gasteiger partial charge < -0.3 is 24.3 Å². The summed E-state index contributed by atoms with van der Waals surface area (Å²) in [5.74, 6) is -0.0787. The van der Waals surface area contributed by atoms with Crippen LogP contribution in [-0.4, -0.2) is 25.3 Å². The molecule has 6 nitrogen and oxygen atoms in total. The van der Waals surface area contributed by atoms with Gasteiger partial charge in [0.25, 0.3) is 0 Å². The highest BCUT2D eigenvalue weighted by molar-refractivity contribution is 6.32. The van der Waals surface area contributed by atoms with Crippen LogP contribution in [0, 0.1) is 0 Å². The summed E-state index contributed by atoms with van der Waals surface area (Å²) in [5.41, 5.74) is 0.532. The van der Waals surface area contributed by atoms with Crippen molar-refractivity contribution in [3.63, 3.8) is 0 Å². The molecule has 0 fully saturated rings. The number of hydrogen-bond donors (Lipinski definition) is 2. The van der Waals surface area contributed by atoms with Gasteiger partial charge in [-0.25, -0.2) is 4.79 Å². The Morgan fingerprint density at radius 3 is 2.50 bits per heavy atom. The Balaban J connectivity index is 2.32. The summed E-state index contributed by atoms with van der Waals surface area (Å²) in [6.45, 7) is 0. The zero-order chi connectivity index (χ0) is 14.7. The van der Waals surface area contributed by atoms with Crippen LogP contribution in [0.5, 0.6) is 11.5 Å². The van der Waals surface area contributed by atoms with Crippen LogP contribution in [0.25, 0.3) is 0 Å². The Hall–Kier alpha value is -2.34. The molecular formula is C13H12ClNO5. The lowest BCUT2D eigenvalue weighted by Crippen LogP contribution is -1.96. The van der Waals surface area contributed by atoms with Crippen LogP contribution >= 0.6 is 11.6 Å². The molecule has 0 atom stereocenters. The molecule has 0 amide bonds. The number of nitrogens with one attached hydrogen (secondary N) is 1. The quantitative estimate of drug-likeness (QED) is 0.880. The lowest BCUT2D eigenvalue weighted by molar-refractivity contribution is 0.0663. The fraction of sp³-hybridized carbons (Fsp3) is 0.154. The summed E-state index contributed by atoms with van der Waals surface area (Å²) in [6, 6.07) is 6.07. The summed E-state index contributed by atoms with van der Waals surface area (Å²) >= 11 is 6.04. The largest absolute Gasteiger partial charge is 0.495 e. The monoisotopic (exact) mass is 297 g/mol. The average Bonchev–Trinajstić information content (AvgIpc) is 2.88. The highest BCUT2D eigenvalue weighted by Gasteiger charge is 2.13. The first-order valence-electron chi connectivity index (χ1n) is 5.57. The third-order valence-corrected chi connectivity index (χ3v) is 2.84. The van der Waals surface area contributed by atoms with Gasteiger partial charge in [-0.1, -0.05) is 11.6 Å². The van der Waals surface area contributed by atoms with Gasteiger partial charge in [0.15, 0.2) is 5.88 Å². The number of halogens is 1. The molecule has 20 heavy (non-hydrogen) atoms. The number of methoxy groups -OCH3 is 2. The summed E-state index contributed by atoms with van der Waals surface area (Å²) < 4.78 is 15.4. The summed E-state index contributed by atoms with van der Waals surface area (Å²) in [5, 5.41) is 12.1. The number of aromatic carboxylic acids is 1. The number of furan rings is 1. The van der Waals surface area contributed by atoms with Crippen LogP contribution in [0.15, 0.2) is 28.7 Å². The van der Waals surface area contributed by atoms with E-state index in [0.29, 0.717) is 22.2 Å². The van der Waals surface area contributed by atoms with Crippen LogP contribution in [-0.2, 0) is 0 Å². The molecule has 0 radical (unpaired) electrons. The fourth-order valence-electron chi connectivity index (χ4n) is 1.61. The fourth-order valence-corrected chi connectivity index (χ4v) is 1.85. The van der Waals surface area contributed by atoms with Gasteiger partial charge in [0.2, 0.25) is 5.76 Å². The van der Waals surface area contributed by atoms with Gasteiger partial charge in [0, 0.05) is 12.1 Å². The Bertz CT molecular complexity index is 638. The minimum Gasteiger partial charge on any atom is -0.495 e. The molecule has 0 aliphatic carbocycles. The van der Waals surface area contributed by atoms with E-state index >= 15 is 0 Å². The highest BCUT2D eigenvalue weighted by Crippen LogP contribution is 2.37. The maximum absolute atomic E-state index is 10.7. The molecule has 2 rings (SSSR count). The van der Waals surface area contributed by atoms with E-state index in [1.54, 1.807) is 12.1 Å². The zero-order valence-electron chi connectivity index (χ0n) is 10.8. The molecule has 1 aromatic heterocycles. The Morgan fingerprint density at radius 2 is 1.95 bits per heavy atom. The predicted molar refractivity (Wildman–Crippen MR) is 73.5 cm³/mol. The predicted octanol–water partition coefficient (Wildman–Crippen LogP) is 3.39. The van der Waals surface area contributed by atoms with Crippen molar-refractivity contribution < 1.29 is 23.8 Å². The molecule has 2 N–H and O–H groups in total. The van der Waals surface area contributed by atoms with Crippen molar-refractivity contribution in [3.8, 4) is 11.5 Å². The van der Waals surface area contributed by atoms with E-state index in [2.05, 4.69) is 5.32 Å². The number of carboxylic acids is 1. The van der Waals surface area contributed by atoms with E-state index in [-0.39, 0.29) is 11.6 Å². The maximum Gasteiger partial charge on any atom is 0.371 e. The molecule has 0 spiro atoms. The lowest BCUT2D eigenvalue weighted by Gasteiger charge is -2.12. The summed E-state index contributed by atoms with van der Waals surface area (Å²) in [4.78, 5) is 10.7. The topological polar surface area (TPSA) is 80.9 Å². The van der Waals surface area contributed by atoms with Crippen molar-refractivity contribution in [2.45, 2.75) is 0 Å². The third-order valence-electron chi connectivity index (χ3n) is 2.55. The molecule has 0 saturated heterocycles. The van der Waals surface area contributed by atoms with Crippen molar-refractivity contribution in [1.29, 1.82) is 0 Å². The number of hydrogen-bond acceptors (Lipinski definition) is 5. The van der Waals surface area contributed by atoms with E-state index in [4.69, 9.17) is 30.6 Å². The van der Waals surface area contributed by atoms with E-state index < -0.39 is 5.97 Å². The molecular weight excluding hydrogens is 286 g/mol. The van der Waals surface area contributed by atoms with Crippen molar-refractivity contribution in [2.24, 2.45) is 0 Å². The Morgan fingerprint density at radius 1 is 1.25 bits per heavy atom. The third kappa shape index (κ3) is 2.80. The van der Waals surface area contributed by atoms with Gasteiger partial charge in [-0.05, 0) is 12.1 Å². The summed E-state index contributed by atoms with van der Waals surface area (Å²) in [7, 11) is 3.00. The van der Waals surface area contributed by atoms with Gasteiger partial charge in [-0.3, -0.25) is 0 Å². The van der Waals surface area contributed by atoms with Crippen molar-refractivity contribution >= 4 is 29.1 Å². The number of carboxylic acid groups (broad SMARTS) is 1. The Kier molecular flexibility index (Phi) is 4.05. The second-order valence-electron chi connectivity index (χ2n) is 3.78. The van der Waals surface area contributed by atoms with E-state index in [1.807, 2.05) is 0 Å². The average molecular weight is 298 g/mol. The first-order valence-corrected chi connectivity index (χ1v) is 5.94. The number of ether oxygens (including phenoxy) is 2. The van der Waals surface area contributed by atoms with Gasteiger partial charge in [0.05, 0.1) is 24.9 Å². The molecule has 106 valence electrons. The zero-order valence-corrected chi connectivity index (χ0v) is 11.5. The van der Waals surface area contributed by atoms with Gasteiger partial charge >= 0.3 is 5.97 Å². The first-order chi connectivity index (χ1) is 9.55. The molecule has 0 bridgehead atoms. The van der Waals surface area contributed by atoms with Gasteiger partial charge in [-0.15, -0.1) is 0 Å². The molecule has 0 unspecified atom stereocenters. The van der Waals surface area contributed by atoms with Crippen LogP contribution < -0.4 is 14.8 Å². The first kappa shape index (κ1) is 14.1. The Labute approximate surface area is 119 Å². The maximum atomic E-state index is 10.7. The second kappa shape index (κ2) is 5.75. The molecule has 0 aliphatic rings. The van der Waals surface area contributed by atoms with Gasteiger partial charge in [-0.2, -0.15) is 0 Å². The second-order valence-corrected chi connectivity index (χ2v) is 4.19. The van der Waals surface area contributed by atoms with Crippen LogP contribution in [0.2, 0.25) is 5.02 Å². The van der Waals surface area contributed by atoms with Crippen molar-refractivity contribution in [2.75, 3.05) is 19.5 Å². The number of carbonyl (C=O) groups is 1. The minimum absolute atomic E-state index is 0.161. The highest BCUT2D eigenvalue weighted by atomic mass is 35.5. The number of rotatable bonds is 5. The van der Waals surface area contributed by atoms with Gasteiger partial charge in [0.1, 0.15) is 11.5 Å². The SMILES string of the molecule is COc1cc(OC)c(Nc2ccc(C(=O)O)o2)cc1Cl. The lowest BCUT2D eigenvalue weighted by atomic mass is 10.2. The molecule has 1 heterocycles. The van der Waals surface area contributed by atoms with Crippen molar-refractivity contribution in [3.05, 3.63) is 35.0 Å². The van der Waals surface area contributed by atoms with E-state index in [1.165, 1.54) is 26.4 Å². The molecule has 0 saturated carbocycles. The summed E-state index contributed by atoms with van der Waals surface area (Å²) in [6.07, 6.45) is 0. The number of anilines is 2. The smallest absolute Gasteiger partial charge is 0.371 e. The minimum atomic E-state index is -1.14. The van der Waals surface area contributed by atoms with E-state index in [0.717, 1.165) is 0 Å². The van der Waals surface area contributed by atoms with Crippen LogP contribution in [0.4, 0.5) is 11.6 Å². The van der Waals surface area contributed by atoms with Crippen molar-refractivity contribution in [1.82, 2.24) is 0 Å². The molecule has 7 heteroatoms. The molecule has 1 aromatic carbocycles. The number of benzene rings is 1. The molecule has 0 aliphatic heterocycles. The van der Waals surface area contributed by atoms with Crippen LogP contribution in [0.1, 0.15) is 10.6 Å². The normalized spacial score (nSPS) is 10.2. The van der Waals surface area contributed by atoms with Crippen LogP contribution in [0.3, 0.4) is 0 Å². The van der Waals surface area contributed by atoms with E-state index in [9.17, 15) is 4.79 Å².